The van der Waals surface area contributed by atoms with Gasteiger partial charge in [0.1, 0.15) is 10.8 Å². The Hall–Kier alpha value is -2.18. The molecule has 0 fully saturated rings. The molecular formula is C17H15ClFN3OS. The van der Waals surface area contributed by atoms with Gasteiger partial charge in [-0.1, -0.05) is 29.8 Å². The zero-order chi connectivity index (χ0) is 17.1. The van der Waals surface area contributed by atoms with Crippen molar-refractivity contribution in [2.24, 2.45) is 0 Å². The number of urea groups is 1. The number of nitrogens with one attached hydrogen (secondary N) is 1. The van der Waals surface area contributed by atoms with Crippen LogP contribution in [0.4, 0.5) is 9.18 Å². The van der Waals surface area contributed by atoms with Gasteiger partial charge in [-0.15, -0.1) is 11.3 Å². The van der Waals surface area contributed by atoms with Crippen molar-refractivity contribution in [3.8, 4) is 0 Å². The Morgan fingerprint density at radius 1 is 1.29 bits per heavy atom. The second kappa shape index (κ2) is 7.15. The van der Waals surface area contributed by atoms with Crippen LogP contribution in [0.2, 0.25) is 5.02 Å². The van der Waals surface area contributed by atoms with Crippen molar-refractivity contribution in [1.29, 1.82) is 0 Å². The topological polar surface area (TPSA) is 45.2 Å². The highest BCUT2D eigenvalue weighted by atomic mass is 35.5. The number of halogens is 2. The van der Waals surface area contributed by atoms with Gasteiger partial charge in [0, 0.05) is 17.6 Å². The van der Waals surface area contributed by atoms with E-state index in [0.717, 1.165) is 15.2 Å². The van der Waals surface area contributed by atoms with Crippen molar-refractivity contribution in [1.82, 2.24) is 15.2 Å². The Balaban J connectivity index is 1.62. The zero-order valence-corrected chi connectivity index (χ0v) is 14.5. The summed E-state index contributed by atoms with van der Waals surface area (Å²) in [6.45, 7) is 0.421. The third-order valence-corrected chi connectivity index (χ3v) is 4.92. The van der Waals surface area contributed by atoms with Gasteiger partial charge in [0.15, 0.2) is 0 Å². The molecule has 0 saturated heterocycles. The van der Waals surface area contributed by atoms with Gasteiger partial charge in [0.2, 0.25) is 0 Å². The molecule has 0 aliphatic heterocycles. The average molecular weight is 364 g/mol. The molecule has 0 unspecified atom stereocenters. The van der Waals surface area contributed by atoms with E-state index in [1.54, 1.807) is 13.1 Å². The van der Waals surface area contributed by atoms with E-state index < -0.39 is 5.82 Å². The van der Waals surface area contributed by atoms with Gasteiger partial charge < -0.3 is 10.2 Å². The normalized spacial score (nSPS) is 10.8. The summed E-state index contributed by atoms with van der Waals surface area (Å²) in [5.41, 5.74) is 1.22. The maximum Gasteiger partial charge on any atom is 0.317 e. The monoisotopic (exact) mass is 363 g/mol. The fraction of sp³-hybridized carbons (Fsp3) is 0.176. The van der Waals surface area contributed by atoms with Crippen molar-refractivity contribution in [2.45, 2.75) is 13.1 Å². The summed E-state index contributed by atoms with van der Waals surface area (Å²) in [7, 11) is 1.59. The molecule has 2 aromatic carbocycles. The Kier molecular flexibility index (Phi) is 4.97. The predicted octanol–water partition coefficient (Wildman–Crippen LogP) is 4.43. The van der Waals surface area contributed by atoms with E-state index in [9.17, 15) is 9.18 Å². The summed E-state index contributed by atoms with van der Waals surface area (Å²) >= 11 is 7.52. The van der Waals surface area contributed by atoms with E-state index in [1.165, 1.54) is 28.4 Å². The molecular weight excluding hydrogens is 349 g/mol. The maximum atomic E-state index is 13.8. The highest BCUT2D eigenvalue weighted by Crippen LogP contribution is 2.22. The van der Waals surface area contributed by atoms with Gasteiger partial charge in [0.25, 0.3) is 0 Å². The summed E-state index contributed by atoms with van der Waals surface area (Å²) in [6, 6.07) is 12.0. The first-order valence-corrected chi connectivity index (χ1v) is 8.50. The van der Waals surface area contributed by atoms with Crippen LogP contribution in [0.15, 0.2) is 42.5 Å². The second-order valence-corrected chi connectivity index (χ2v) is 6.81. The van der Waals surface area contributed by atoms with E-state index in [1.807, 2.05) is 24.3 Å². The first kappa shape index (κ1) is 16.7. The molecule has 0 bridgehead atoms. The summed E-state index contributed by atoms with van der Waals surface area (Å²) in [5, 5.41) is 3.92. The minimum atomic E-state index is -0.423. The summed E-state index contributed by atoms with van der Waals surface area (Å²) < 4.78 is 14.9. The molecule has 3 aromatic rings. The largest absolute Gasteiger partial charge is 0.331 e. The third-order valence-electron chi connectivity index (χ3n) is 3.53. The lowest BCUT2D eigenvalue weighted by Gasteiger charge is -2.18. The lowest BCUT2D eigenvalue weighted by molar-refractivity contribution is 0.206. The fourth-order valence-corrected chi connectivity index (χ4v) is 3.40. The number of hydrogen-bond acceptors (Lipinski definition) is 3. The van der Waals surface area contributed by atoms with Crippen molar-refractivity contribution in [3.63, 3.8) is 0 Å². The number of thiazole rings is 1. The number of benzene rings is 2. The molecule has 0 aliphatic carbocycles. The van der Waals surface area contributed by atoms with Gasteiger partial charge in [-0.3, -0.25) is 0 Å². The van der Waals surface area contributed by atoms with Gasteiger partial charge in [-0.2, -0.15) is 0 Å². The molecule has 7 heteroatoms. The molecule has 2 amide bonds. The molecule has 124 valence electrons. The number of hydrogen-bond donors (Lipinski definition) is 1. The van der Waals surface area contributed by atoms with E-state index in [0.29, 0.717) is 17.1 Å². The standard InChI is InChI=1S/C17H15ClFN3OS/c1-22(10-11-12(18)5-4-6-13(11)19)17(23)20-9-16-21-14-7-2-3-8-15(14)24-16/h2-8H,9-10H2,1H3,(H,20,23). The molecule has 24 heavy (non-hydrogen) atoms. The second-order valence-electron chi connectivity index (χ2n) is 5.29. The van der Waals surface area contributed by atoms with Crippen LogP contribution in [0, 0.1) is 5.82 Å². The quantitative estimate of drug-likeness (QED) is 0.745. The molecule has 1 heterocycles. The van der Waals surface area contributed by atoms with Crippen LogP contribution in [0.5, 0.6) is 0 Å². The Morgan fingerprint density at radius 3 is 2.83 bits per heavy atom. The number of aromatic nitrogens is 1. The highest BCUT2D eigenvalue weighted by Gasteiger charge is 2.14. The third kappa shape index (κ3) is 3.66. The molecule has 1 aromatic heterocycles. The molecule has 3 rings (SSSR count). The molecule has 0 radical (unpaired) electrons. The van der Waals surface area contributed by atoms with Crippen LogP contribution in [-0.2, 0) is 13.1 Å². The van der Waals surface area contributed by atoms with Crippen molar-refractivity contribution in [3.05, 3.63) is 63.9 Å². The van der Waals surface area contributed by atoms with Gasteiger partial charge in [-0.25, -0.2) is 14.2 Å². The number of carbonyl (C=O) groups is 1. The first-order valence-electron chi connectivity index (χ1n) is 7.31. The number of amides is 2. The van der Waals surface area contributed by atoms with E-state index in [2.05, 4.69) is 10.3 Å². The number of carbonyl (C=O) groups excluding carboxylic acids is 1. The minimum absolute atomic E-state index is 0.0944. The zero-order valence-electron chi connectivity index (χ0n) is 12.9. The number of fused-ring (bicyclic) bond motifs is 1. The molecule has 0 saturated carbocycles. The van der Waals surface area contributed by atoms with Gasteiger partial charge in [-0.05, 0) is 24.3 Å². The molecule has 0 spiro atoms. The highest BCUT2D eigenvalue weighted by molar-refractivity contribution is 7.18. The van der Waals surface area contributed by atoms with Crippen molar-refractivity contribution >= 4 is 39.2 Å². The Bertz CT molecular complexity index is 830. The van der Waals surface area contributed by atoms with Crippen LogP contribution >= 0.6 is 22.9 Å². The number of para-hydroxylation sites is 1. The van der Waals surface area contributed by atoms with Crippen LogP contribution in [-0.4, -0.2) is 23.0 Å². The molecule has 1 N–H and O–H groups in total. The summed E-state index contributed by atoms with van der Waals surface area (Å²) in [6.07, 6.45) is 0. The van der Waals surface area contributed by atoms with Crippen LogP contribution in [0.1, 0.15) is 10.6 Å². The lowest BCUT2D eigenvalue weighted by atomic mass is 10.2. The van der Waals surface area contributed by atoms with E-state index in [-0.39, 0.29) is 12.6 Å². The van der Waals surface area contributed by atoms with E-state index in [4.69, 9.17) is 11.6 Å². The van der Waals surface area contributed by atoms with Crippen LogP contribution < -0.4 is 5.32 Å². The molecule has 4 nitrogen and oxygen atoms in total. The van der Waals surface area contributed by atoms with Crippen LogP contribution in [0.3, 0.4) is 0 Å². The van der Waals surface area contributed by atoms with Crippen molar-refractivity contribution in [2.75, 3.05) is 7.05 Å². The molecule has 0 atom stereocenters. The lowest BCUT2D eigenvalue weighted by Crippen LogP contribution is -2.36. The number of rotatable bonds is 4. The first-order chi connectivity index (χ1) is 11.5. The number of nitrogens with zero attached hydrogens (tertiary/aromatic N) is 2. The summed E-state index contributed by atoms with van der Waals surface area (Å²) in [4.78, 5) is 18.0. The summed E-state index contributed by atoms with van der Waals surface area (Å²) in [5.74, 6) is -0.423. The van der Waals surface area contributed by atoms with E-state index >= 15 is 0 Å². The van der Waals surface area contributed by atoms with Crippen molar-refractivity contribution < 1.29 is 9.18 Å². The smallest absolute Gasteiger partial charge is 0.317 e. The maximum absolute atomic E-state index is 13.8. The Morgan fingerprint density at radius 2 is 2.08 bits per heavy atom. The predicted molar refractivity (Wildman–Crippen MR) is 94.7 cm³/mol. The fourth-order valence-electron chi connectivity index (χ4n) is 2.27. The van der Waals surface area contributed by atoms with Gasteiger partial charge in [0.05, 0.1) is 23.3 Å². The minimum Gasteiger partial charge on any atom is -0.331 e. The van der Waals surface area contributed by atoms with Crippen LogP contribution in [0.25, 0.3) is 10.2 Å². The Labute approximate surface area is 147 Å². The van der Waals surface area contributed by atoms with Gasteiger partial charge >= 0.3 is 6.03 Å². The molecule has 0 aliphatic rings. The SMILES string of the molecule is CN(Cc1c(F)cccc1Cl)C(=O)NCc1nc2ccccc2s1. The average Bonchev–Trinajstić information content (AvgIpc) is 2.99.